The van der Waals surface area contributed by atoms with Gasteiger partial charge in [0.05, 0.1) is 25.1 Å². The maximum atomic E-state index is 11.6. The van der Waals surface area contributed by atoms with E-state index in [1.165, 1.54) is 24.7 Å². The van der Waals surface area contributed by atoms with Gasteiger partial charge < -0.3 is 9.47 Å². The van der Waals surface area contributed by atoms with Crippen molar-refractivity contribution in [3.63, 3.8) is 0 Å². The van der Waals surface area contributed by atoms with E-state index >= 15 is 0 Å². The molecule has 26 heavy (non-hydrogen) atoms. The fourth-order valence-electron chi connectivity index (χ4n) is 4.82. The number of hydrogen-bond donors (Lipinski definition) is 1. The summed E-state index contributed by atoms with van der Waals surface area (Å²) in [6, 6.07) is 3.78. The Morgan fingerprint density at radius 2 is 2.31 bits per heavy atom. The van der Waals surface area contributed by atoms with Crippen LogP contribution in [0.15, 0.2) is 12.1 Å². The number of carbonyl (C=O) groups excluding carboxylic acids is 1. The Bertz CT molecular complexity index is 808. The molecule has 0 saturated carbocycles. The topological polar surface area (TPSA) is 84.9 Å². The van der Waals surface area contributed by atoms with Crippen LogP contribution in [0.3, 0.4) is 0 Å². The summed E-state index contributed by atoms with van der Waals surface area (Å²) in [6.07, 6.45) is 3.43. The molecule has 0 amide bonds. The first-order valence-corrected chi connectivity index (χ1v) is 11.5. The molecule has 0 unspecified atom stereocenters. The molecule has 4 heterocycles. The summed E-state index contributed by atoms with van der Waals surface area (Å²) < 4.78 is 36.7. The Hall–Kier alpha value is -1.00. The Morgan fingerprint density at radius 3 is 3.04 bits per heavy atom. The molecule has 3 aliphatic rings. The van der Waals surface area contributed by atoms with E-state index in [2.05, 4.69) is 9.62 Å². The van der Waals surface area contributed by atoms with E-state index in [1.54, 1.807) is 0 Å². The number of sulfonamides is 1. The van der Waals surface area contributed by atoms with E-state index in [9.17, 15) is 13.2 Å². The van der Waals surface area contributed by atoms with Gasteiger partial charge in [0.1, 0.15) is 4.88 Å². The quantitative estimate of drug-likeness (QED) is 0.719. The molecule has 9 heteroatoms. The molecule has 1 spiro atoms. The first-order valence-electron chi connectivity index (χ1n) is 8.81. The van der Waals surface area contributed by atoms with Gasteiger partial charge in [-0.25, -0.2) is 17.9 Å². The number of rotatable bonds is 6. The Kier molecular flexibility index (Phi) is 4.63. The van der Waals surface area contributed by atoms with Crippen molar-refractivity contribution in [2.24, 2.45) is 11.8 Å². The number of nitrogens with one attached hydrogen (secondary N) is 1. The van der Waals surface area contributed by atoms with E-state index in [0.717, 1.165) is 37.4 Å². The number of likely N-dealkylation sites (tertiary alicyclic amines) is 1. The van der Waals surface area contributed by atoms with E-state index < -0.39 is 10.0 Å². The minimum atomic E-state index is -3.19. The highest BCUT2D eigenvalue weighted by Gasteiger charge is 2.62. The number of nitrogens with zero attached hydrogens (tertiary/aromatic N) is 1. The van der Waals surface area contributed by atoms with Crippen molar-refractivity contribution >= 4 is 27.3 Å². The second kappa shape index (κ2) is 6.56. The van der Waals surface area contributed by atoms with Gasteiger partial charge >= 0.3 is 5.97 Å². The van der Waals surface area contributed by atoms with Gasteiger partial charge in [-0.05, 0) is 25.0 Å². The molecule has 0 radical (unpaired) electrons. The molecule has 3 fully saturated rings. The highest BCUT2D eigenvalue weighted by Crippen LogP contribution is 2.54. The van der Waals surface area contributed by atoms with Crippen molar-refractivity contribution in [1.29, 1.82) is 0 Å². The van der Waals surface area contributed by atoms with E-state index in [-0.39, 0.29) is 23.6 Å². The molecule has 4 atom stereocenters. The molecule has 4 rings (SSSR count). The third-order valence-electron chi connectivity index (χ3n) is 5.86. The fraction of sp³-hybridized carbons (Fsp3) is 0.706. The third-order valence-corrected chi connectivity index (χ3v) is 7.60. The van der Waals surface area contributed by atoms with Crippen LogP contribution in [0.25, 0.3) is 0 Å². The number of esters is 1. The summed E-state index contributed by atoms with van der Waals surface area (Å²) in [5.41, 5.74) is -0.128. The molecule has 7 nitrogen and oxygen atoms in total. The first-order chi connectivity index (χ1) is 12.3. The third kappa shape index (κ3) is 3.31. The molecule has 0 aliphatic carbocycles. The lowest BCUT2D eigenvalue weighted by Crippen LogP contribution is -2.41. The van der Waals surface area contributed by atoms with Gasteiger partial charge in [-0.15, -0.1) is 11.3 Å². The van der Waals surface area contributed by atoms with Crippen LogP contribution < -0.4 is 4.72 Å². The van der Waals surface area contributed by atoms with Crippen molar-refractivity contribution in [2.75, 3.05) is 33.0 Å². The van der Waals surface area contributed by atoms with Crippen LogP contribution in [0, 0.1) is 11.8 Å². The van der Waals surface area contributed by atoms with Crippen LogP contribution >= 0.6 is 11.3 Å². The number of hydrogen-bond acceptors (Lipinski definition) is 7. The number of carbonyl (C=O) groups is 1. The average Bonchev–Trinajstić information content (AvgIpc) is 3.31. The monoisotopic (exact) mass is 400 g/mol. The molecule has 1 N–H and O–H groups in total. The normalized spacial score (nSPS) is 33.5. The predicted molar refractivity (Wildman–Crippen MR) is 97.6 cm³/mol. The molecule has 3 saturated heterocycles. The molecular weight excluding hydrogens is 376 g/mol. The van der Waals surface area contributed by atoms with Crippen LogP contribution in [-0.2, 0) is 26.0 Å². The van der Waals surface area contributed by atoms with E-state index in [1.807, 2.05) is 12.1 Å². The van der Waals surface area contributed by atoms with Crippen LogP contribution in [0.2, 0.25) is 0 Å². The maximum Gasteiger partial charge on any atom is 0.348 e. The summed E-state index contributed by atoms with van der Waals surface area (Å²) in [5, 5.41) is 0. The summed E-state index contributed by atoms with van der Waals surface area (Å²) in [5.74, 6) is 0.292. The van der Waals surface area contributed by atoms with Gasteiger partial charge in [0.2, 0.25) is 10.0 Å². The Morgan fingerprint density at radius 1 is 1.50 bits per heavy atom. The van der Waals surface area contributed by atoms with Gasteiger partial charge in [0.25, 0.3) is 0 Å². The minimum absolute atomic E-state index is 0.128. The van der Waals surface area contributed by atoms with Crippen LogP contribution in [0.4, 0.5) is 0 Å². The molecule has 2 bridgehead atoms. The van der Waals surface area contributed by atoms with Gasteiger partial charge in [-0.2, -0.15) is 0 Å². The lowest BCUT2D eigenvalue weighted by Gasteiger charge is -2.29. The minimum Gasteiger partial charge on any atom is -0.465 e. The van der Waals surface area contributed by atoms with Crippen molar-refractivity contribution in [3.05, 3.63) is 21.9 Å². The van der Waals surface area contributed by atoms with Crippen molar-refractivity contribution in [2.45, 2.75) is 31.1 Å². The zero-order valence-electron chi connectivity index (χ0n) is 14.9. The van der Waals surface area contributed by atoms with Crippen molar-refractivity contribution in [3.8, 4) is 0 Å². The second-order valence-corrected chi connectivity index (χ2v) is 10.6. The summed E-state index contributed by atoms with van der Waals surface area (Å²) in [7, 11) is -1.80. The summed E-state index contributed by atoms with van der Waals surface area (Å²) in [4.78, 5) is 15.7. The summed E-state index contributed by atoms with van der Waals surface area (Å²) in [6.45, 7) is 3.00. The van der Waals surface area contributed by atoms with E-state index in [4.69, 9.17) is 9.47 Å². The van der Waals surface area contributed by atoms with Gasteiger partial charge in [0, 0.05) is 42.9 Å². The standard InChI is InChI=1S/C17H24N2O5S2/c1-23-16(20)15-4-3-11(25-15)8-19-9-13-12(7-18-26(2,21)22)14-5-6-17(13,10-19)24-14/h3-4,12-14,18H,5-10H2,1-2H3/t12-,13+,14+,17+/m0/s1. The van der Waals surface area contributed by atoms with Gasteiger partial charge in [0.15, 0.2) is 0 Å². The molecule has 1 aromatic heterocycles. The molecular formula is C17H24N2O5S2. The smallest absolute Gasteiger partial charge is 0.348 e. The van der Waals surface area contributed by atoms with Crippen LogP contribution in [-0.4, -0.2) is 64.0 Å². The lowest BCUT2D eigenvalue weighted by atomic mass is 9.74. The Labute approximate surface area is 157 Å². The van der Waals surface area contributed by atoms with Crippen LogP contribution in [0.1, 0.15) is 27.4 Å². The molecule has 3 aliphatic heterocycles. The number of thiophene rings is 1. The summed E-state index contributed by atoms with van der Waals surface area (Å²) >= 11 is 1.46. The molecule has 144 valence electrons. The number of ether oxygens (including phenoxy) is 2. The van der Waals surface area contributed by atoms with Crippen LogP contribution in [0.5, 0.6) is 0 Å². The van der Waals surface area contributed by atoms with Crippen molar-refractivity contribution in [1.82, 2.24) is 9.62 Å². The van der Waals surface area contributed by atoms with Gasteiger partial charge in [-0.1, -0.05) is 0 Å². The number of methoxy groups -OCH3 is 1. The number of fused-ring (bicyclic) bond motifs is 1. The predicted octanol–water partition coefficient (Wildman–Crippen LogP) is 1.06. The zero-order chi connectivity index (χ0) is 18.5. The average molecular weight is 401 g/mol. The second-order valence-electron chi connectivity index (χ2n) is 7.58. The SMILES string of the molecule is COC(=O)c1ccc(CN2C[C@@H]3[C@H](CNS(C)(=O)=O)[C@H]4CC[C@]3(C2)O4)s1. The Balaban J connectivity index is 1.43. The van der Waals surface area contributed by atoms with E-state index in [0.29, 0.717) is 17.3 Å². The maximum absolute atomic E-state index is 11.6. The van der Waals surface area contributed by atoms with Crippen molar-refractivity contribution < 1.29 is 22.7 Å². The first kappa shape index (κ1) is 18.4. The lowest BCUT2D eigenvalue weighted by molar-refractivity contribution is 0.00227. The fourth-order valence-corrected chi connectivity index (χ4v) is 6.28. The highest BCUT2D eigenvalue weighted by molar-refractivity contribution is 7.88. The zero-order valence-corrected chi connectivity index (χ0v) is 16.6. The largest absolute Gasteiger partial charge is 0.465 e. The molecule has 0 aromatic carbocycles. The highest BCUT2D eigenvalue weighted by atomic mass is 32.2. The molecule has 1 aromatic rings. The van der Waals surface area contributed by atoms with Gasteiger partial charge in [-0.3, -0.25) is 4.90 Å².